The van der Waals surface area contributed by atoms with Gasteiger partial charge in [0.1, 0.15) is 0 Å². The van der Waals surface area contributed by atoms with E-state index in [9.17, 15) is 31.4 Å². The molecule has 22 heavy (non-hydrogen) atoms. The summed E-state index contributed by atoms with van der Waals surface area (Å²) in [5.74, 6) is -0.163. The van der Waals surface area contributed by atoms with Gasteiger partial charge in [-0.15, -0.1) is 12.4 Å². The van der Waals surface area contributed by atoms with Gasteiger partial charge in [0, 0.05) is 0 Å². The summed E-state index contributed by atoms with van der Waals surface area (Å²) < 4.78 is 76.2. The highest BCUT2D eigenvalue weighted by molar-refractivity contribution is 5.85. The molecule has 3 N–H and O–H groups in total. The van der Waals surface area contributed by atoms with Crippen LogP contribution in [0.4, 0.5) is 26.3 Å². The van der Waals surface area contributed by atoms with Crippen molar-refractivity contribution >= 4 is 12.4 Å². The Morgan fingerprint density at radius 3 is 1.68 bits per heavy atom. The molecule has 0 amide bonds. The molecule has 1 aromatic carbocycles. The Kier molecular flexibility index (Phi) is 5.42. The molecule has 2 nitrogen and oxygen atoms in total. The largest absolute Gasteiger partial charge is 0.416 e. The summed E-state index contributed by atoms with van der Waals surface area (Å²) in [5, 5.41) is 9.81. The average molecular weight is 350 g/mol. The molecular formula is C13H14ClF6NO. The normalized spacial score (nSPS) is 18.5. The quantitative estimate of drug-likeness (QED) is 0.813. The third-order valence-electron chi connectivity index (χ3n) is 3.47. The first-order valence-electron chi connectivity index (χ1n) is 6.23. The zero-order valence-corrected chi connectivity index (χ0v) is 11.9. The van der Waals surface area contributed by atoms with E-state index in [1.54, 1.807) is 0 Å². The Hall–Kier alpha value is -0.990. The van der Waals surface area contributed by atoms with Crippen molar-refractivity contribution in [1.82, 2.24) is 0 Å². The van der Waals surface area contributed by atoms with Gasteiger partial charge in [0.25, 0.3) is 0 Å². The summed E-state index contributed by atoms with van der Waals surface area (Å²) in [7, 11) is 0. The molecule has 0 bridgehead atoms. The molecule has 0 spiro atoms. The van der Waals surface area contributed by atoms with Crippen LogP contribution < -0.4 is 5.73 Å². The molecule has 0 unspecified atom stereocenters. The Balaban J connectivity index is 0.00000242. The molecule has 1 saturated carbocycles. The maximum atomic E-state index is 12.7. The molecule has 0 aliphatic heterocycles. The minimum Gasteiger partial charge on any atom is -0.391 e. The number of aliphatic hydroxyl groups excluding tert-OH is 1. The van der Waals surface area contributed by atoms with E-state index in [1.807, 2.05) is 0 Å². The first-order valence-corrected chi connectivity index (χ1v) is 6.23. The van der Waals surface area contributed by atoms with E-state index in [0.717, 1.165) is 0 Å². The van der Waals surface area contributed by atoms with Gasteiger partial charge in [-0.1, -0.05) is 0 Å². The summed E-state index contributed by atoms with van der Waals surface area (Å²) >= 11 is 0. The van der Waals surface area contributed by atoms with E-state index in [0.29, 0.717) is 25.0 Å². The lowest BCUT2D eigenvalue weighted by Crippen LogP contribution is -2.28. The third kappa shape index (κ3) is 4.27. The number of hydrogen-bond acceptors (Lipinski definition) is 2. The molecule has 0 heterocycles. The van der Waals surface area contributed by atoms with Crippen molar-refractivity contribution in [2.75, 3.05) is 0 Å². The lowest BCUT2D eigenvalue weighted by Gasteiger charge is -2.21. The van der Waals surface area contributed by atoms with Gasteiger partial charge in [0.05, 0.1) is 23.3 Å². The maximum absolute atomic E-state index is 12.7. The van der Waals surface area contributed by atoms with Gasteiger partial charge in [-0.25, -0.2) is 0 Å². The van der Waals surface area contributed by atoms with Crippen molar-refractivity contribution < 1.29 is 31.4 Å². The van der Waals surface area contributed by atoms with Gasteiger partial charge in [0.15, 0.2) is 0 Å². The fourth-order valence-corrected chi connectivity index (χ4v) is 2.10. The number of benzene rings is 1. The second kappa shape index (κ2) is 6.25. The molecule has 1 aromatic rings. The predicted octanol–water partition coefficient (Wildman–Crippen LogP) is 3.92. The number of alkyl halides is 6. The molecule has 0 radical (unpaired) electrons. The topological polar surface area (TPSA) is 46.2 Å². The summed E-state index contributed by atoms with van der Waals surface area (Å²) in [4.78, 5) is 0. The molecule has 9 heteroatoms. The highest BCUT2D eigenvalue weighted by atomic mass is 35.5. The van der Waals surface area contributed by atoms with Crippen LogP contribution in [0, 0.1) is 5.92 Å². The smallest absolute Gasteiger partial charge is 0.391 e. The fourth-order valence-electron chi connectivity index (χ4n) is 2.10. The molecule has 0 aromatic heterocycles. The van der Waals surface area contributed by atoms with Gasteiger partial charge < -0.3 is 10.8 Å². The molecule has 2 atom stereocenters. The van der Waals surface area contributed by atoms with Crippen LogP contribution in [-0.4, -0.2) is 11.2 Å². The van der Waals surface area contributed by atoms with Crippen LogP contribution in [0.5, 0.6) is 0 Å². The van der Waals surface area contributed by atoms with Gasteiger partial charge in [-0.2, -0.15) is 26.3 Å². The van der Waals surface area contributed by atoms with Crippen molar-refractivity contribution in [3.8, 4) is 0 Å². The van der Waals surface area contributed by atoms with Crippen molar-refractivity contribution in [2.45, 2.75) is 37.3 Å². The Morgan fingerprint density at radius 1 is 0.955 bits per heavy atom. The van der Waals surface area contributed by atoms with E-state index in [4.69, 9.17) is 5.73 Å². The SMILES string of the molecule is Cl.N[C@@H](c1cc(C(F)(F)F)cc(C(F)(F)F)c1)[C@H](O)C1CC1. The van der Waals surface area contributed by atoms with E-state index in [-0.39, 0.29) is 30.0 Å². The van der Waals surface area contributed by atoms with Gasteiger partial charge >= 0.3 is 12.4 Å². The molecular weight excluding hydrogens is 336 g/mol. The standard InChI is InChI=1S/C13H13F6NO.ClH/c14-12(15,16)8-3-7(4-9(5-8)13(17,18)19)10(20)11(21)6-1-2-6;/h3-6,10-11,21H,1-2,20H2;1H/t10-,11+;/m0./s1. The number of nitrogens with two attached hydrogens (primary N) is 1. The molecule has 2 rings (SSSR count). The fraction of sp³-hybridized carbons (Fsp3) is 0.538. The van der Waals surface area contributed by atoms with Gasteiger partial charge in [-0.05, 0) is 42.5 Å². The van der Waals surface area contributed by atoms with E-state index >= 15 is 0 Å². The minimum atomic E-state index is -4.92. The lowest BCUT2D eigenvalue weighted by atomic mass is 9.95. The van der Waals surface area contributed by atoms with Crippen molar-refractivity contribution in [1.29, 1.82) is 0 Å². The second-order valence-electron chi connectivity index (χ2n) is 5.19. The van der Waals surface area contributed by atoms with E-state index in [2.05, 4.69) is 0 Å². The highest BCUT2D eigenvalue weighted by Gasteiger charge is 2.39. The van der Waals surface area contributed by atoms with Crippen molar-refractivity contribution in [3.63, 3.8) is 0 Å². The molecule has 1 fully saturated rings. The zero-order chi connectivity index (χ0) is 16.0. The highest BCUT2D eigenvalue weighted by Crippen LogP contribution is 2.40. The summed E-state index contributed by atoms with van der Waals surface area (Å²) in [6.45, 7) is 0. The van der Waals surface area contributed by atoms with E-state index in [1.165, 1.54) is 0 Å². The molecule has 1 aliphatic carbocycles. The predicted molar refractivity (Wildman–Crippen MR) is 69.4 cm³/mol. The first-order chi connectivity index (χ1) is 9.50. The van der Waals surface area contributed by atoms with Crippen LogP contribution in [0.3, 0.4) is 0 Å². The van der Waals surface area contributed by atoms with Gasteiger partial charge in [-0.3, -0.25) is 0 Å². The molecule has 1 aliphatic rings. The monoisotopic (exact) mass is 349 g/mol. The van der Waals surface area contributed by atoms with Crippen LogP contribution in [0.15, 0.2) is 18.2 Å². The number of aliphatic hydroxyl groups is 1. The maximum Gasteiger partial charge on any atom is 0.416 e. The average Bonchev–Trinajstić information content (AvgIpc) is 3.18. The first kappa shape index (κ1) is 19.1. The second-order valence-corrected chi connectivity index (χ2v) is 5.19. The van der Waals surface area contributed by atoms with Crippen LogP contribution >= 0.6 is 12.4 Å². The lowest BCUT2D eigenvalue weighted by molar-refractivity contribution is -0.143. The Bertz CT molecular complexity index is 494. The van der Waals surface area contributed by atoms with Crippen LogP contribution in [0.1, 0.15) is 35.6 Å². The molecule has 126 valence electrons. The summed E-state index contributed by atoms with van der Waals surface area (Å²) in [6, 6.07) is -0.114. The molecule has 0 saturated heterocycles. The van der Waals surface area contributed by atoms with Crippen molar-refractivity contribution in [3.05, 3.63) is 34.9 Å². The minimum absolute atomic E-state index is 0. The third-order valence-corrected chi connectivity index (χ3v) is 3.47. The zero-order valence-electron chi connectivity index (χ0n) is 11.1. The van der Waals surface area contributed by atoms with Crippen LogP contribution in [-0.2, 0) is 12.4 Å². The number of rotatable bonds is 3. The van der Waals surface area contributed by atoms with Crippen LogP contribution in [0.2, 0.25) is 0 Å². The summed E-state index contributed by atoms with van der Waals surface area (Å²) in [6.07, 6.45) is -9.64. The van der Waals surface area contributed by atoms with Crippen LogP contribution in [0.25, 0.3) is 0 Å². The van der Waals surface area contributed by atoms with E-state index < -0.39 is 35.6 Å². The van der Waals surface area contributed by atoms with Gasteiger partial charge in [0.2, 0.25) is 0 Å². The number of hydrogen-bond donors (Lipinski definition) is 2. The number of halogens is 7. The van der Waals surface area contributed by atoms with Crippen molar-refractivity contribution in [2.24, 2.45) is 11.7 Å². The Labute approximate surface area is 128 Å². The summed E-state index contributed by atoms with van der Waals surface area (Å²) in [5.41, 5.74) is 2.40. The Morgan fingerprint density at radius 2 is 1.36 bits per heavy atom.